The predicted octanol–water partition coefficient (Wildman–Crippen LogP) is -2.53. The number of nitrogens with two attached hydrogens (primary N) is 4. The Balaban J connectivity index is 1.72. The van der Waals surface area contributed by atoms with Crippen LogP contribution in [0.25, 0.3) is 10.9 Å². The molecule has 0 saturated carbocycles. The Morgan fingerprint density at radius 3 is 2.25 bits per heavy atom. The number of rotatable bonds is 17. The Bertz CT molecular complexity index is 1480. The molecule has 4 atom stereocenters. The number of para-hydroxylation sites is 1. The molecule has 236 valence electrons. The number of guanidine groups is 1. The molecule has 4 unspecified atom stereocenters. The van der Waals surface area contributed by atoms with Crippen LogP contribution in [-0.4, -0.2) is 86.3 Å². The van der Waals surface area contributed by atoms with Crippen LogP contribution in [-0.2, 0) is 36.8 Å². The van der Waals surface area contributed by atoms with Crippen LogP contribution in [0.5, 0.6) is 0 Å². The van der Waals surface area contributed by atoms with E-state index >= 15 is 0 Å². The van der Waals surface area contributed by atoms with Gasteiger partial charge in [0.1, 0.15) is 18.1 Å². The van der Waals surface area contributed by atoms with Crippen LogP contribution in [0.3, 0.4) is 0 Å². The number of amides is 4. The van der Waals surface area contributed by atoms with E-state index in [4.69, 9.17) is 22.9 Å². The highest BCUT2D eigenvalue weighted by atomic mass is 16.4. The molecule has 0 bridgehead atoms. The Hall–Kier alpha value is -5.45. The van der Waals surface area contributed by atoms with Gasteiger partial charge in [-0.15, -0.1) is 0 Å². The van der Waals surface area contributed by atoms with E-state index in [1.807, 2.05) is 24.3 Å². The number of nitrogens with zero attached hydrogens (tertiary/aromatic N) is 2. The number of carboxylic acids is 1. The van der Waals surface area contributed by atoms with Crippen molar-refractivity contribution >= 4 is 46.5 Å². The van der Waals surface area contributed by atoms with Crippen molar-refractivity contribution < 1.29 is 29.1 Å². The molecule has 3 rings (SSSR count). The average Bonchev–Trinajstić information content (AvgIpc) is 3.63. The molecule has 0 saturated heterocycles. The summed E-state index contributed by atoms with van der Waals surface area (Å²) in [6, 6.07) is 2.25. The van der Waals surface area contributed by atoms with Crippen LogP contribution >= 0.6 is 0 Å². The maximum atomic E-state index is 13.3. The fourth-order valence-corrected chi connectivity index (χ4v) is 4.45. The van der Waals surface area contributed by atoms with E-state index < -0.39 is 60.2 Å². The second-order valence-electron chi connectivity index (χ2n) is 10.1. The number of hydrogen-bond acceptors (Lipinski definition) is 8. The first-order valence-corrected chi connectivity index (χ1v) is 13.7. The minimum Gasteiger partial charge on any atom is -0.480 e. The van der Waals surface area contributed by atoms with Gasteiger partial charge in [0.05, 0.1) is 18.8 Å². The van der Waals surface area contributed by atoms with Crippen molar-refractivity contribution in [3.05, 3.63) is 54.2 Å². The second-order valence-corrected chi connectivity index (χ2v) is 10.1. The molecule has 17 nitrogen and oxygen atoms in total. The van der Waals surface area contributed by atoms with Gasteiger partial charge in [0.25, 0.3) is 0 Å². The van der Waals surface area contributed by atoms with E-state index in [9.17, 15) is 29.1 Å². The number of aliphatic imine (C=N–C) groups is 1. The summed E-state index contributed by atoms with van der Waals surface area (Å²) in [6.45, 7) is 0.114. The molecule has 17 heteroatoms. The Kier molecular flexibility index (Phi) is 11.8. The van der Waals surface area contributed by atoms with Gasteiger partial charge in [0.15, 0.2) is 5.96 Å². The van der Waals surface area contributed by atoms with E-state index in [1.165, 1.54) is 12.5 Å². The third-order valence-electron chi connectivity index (χ3n) is 6.66. The normalized spacial score (nSPS) is 13.7. The molecule has 1 aromatic carbocycles. The first-order valence-electron chi connectivity index (χ1n) is 13.7. The number of primary amides is 1. The molecule has 14 N–H and O–H groups in total. The predicted molar refractivity (Wildman–Crippen MR) is 159 cm³/mol. The van der Waals surface area contributed by atoms with Gasteiger partial charge in [-0.3, -0.25) is 24.2 Å². The van der Waals surface area contributed by atoms with Crippen LogP contribution in [0.2, 0.25) is 0 Å². The number of carbonyl (C=O) groups excluding carboxylic acids is 4. The van der Waals surface area contributed by atoms with E-state index in [1.54, 1.807) is 6.20 Å². The average molecular weight is 612 g/mol. The molecule has 44 heavy (non-hydrogen) atoms. The maximum Gasteiger partial charge on any atom is 0.326 e. The largest absolute Gasteiger partial charge is 0.480 e. The van der Waals surface area contributed by atoms with Crippen LogP contribution in [0.15, 0.2) is 48.0 Å². The molecule has 0 aliphatic heterocycles. The van der Waals surface area contributed by atoms with Gasteiger partial charge in [-0.2, -0.15) is 0 Å². The number of fused-ring (bicyclic) bond motifs is 1. The van der Waals surface area contributed by atoms with Crippen LogP contribution in [0, 0.1) is 0 Å². The van der Waals surface area contributed by atoms with E-state index in [0.29, 0.717) is 5.69 Å². The third-order valence-corrected chi connectivity index (χ3v) is 6.66. The number of H-pyrrole nitrogens is 2. The quantitative estimate of drug-likeness (QED) is 0.0433. The Labute approximate surface area is 251 Å². The summed E-state index contributed by atoms with van der Waals surface area (Å²) in [5.41, 5.74) is 24.3. The molecule has 0 fully saturated rings. The van der Waals surface area contributed by atoms with Crippen LogP contribution < -0.4 is 38.9 Å². The first kappa shape index (κ1) is 33.1. The molecule has 2 heterocycles. The van der Waals surface area contributed by atoms with Crippen molar-refractivity contribution in [3.8, 4) is 0 Å². The minimum absolute atomic E-state index is 0.0118. The summed E-state index contributed by atoms with van der Waals surface area (Å²) in [4.78, 5) is 76.7. The Morgan fingerprint density at radius 2 is 1.59 bits per heavy atom. The summed E-state index contributed by atoms with van der Waals surface area (Å²) in [5.74, 6) is -4.84. The fraction of sp³-hybridized carbons (Fsp3) is 0.370. The topological polar surface area (TPSA) is 303 Å². The number of imidazole rings is 1. The van der Waals surface area contributed by atoms with Gasteiger partial charge >= 0.3 is 5.97 Å². The summed E-state index contributed by atoms with van der Waals surface area (Å²) in [5, 5.41) is 17.9. The Morgan fingerprint density at radius 1 is 0.909 bits per heavy atom. The second kappa shape index (κ2) is 15.7. The van der Waals surface area contributed by atoms with Crippen molar-refractivity contribution in [1.29, 1.82) is 0 Å². The summed E-state index contributed by atoms with van der Waals surface area (Å²) < 4.78 is 0. The van der Waals surface area contributed by atoms with Crippen molar-refractivity contribution in [3.63, 3.8) is 0 Å². The number of benzene rings is 1. The summed E-state index contributed by atoms with van der Waals surface area (Å²) in [7, 11) is 0. The maximum absolute atomic E-state index is 13.3. The standard InChI is InChI=1S/C27H37N11O6/c28-17(8-14-11-34-18-5-2-1-4-16(14)18)23(40)37-20(10-22(29)39)25(42)36-19(6-3-7-33-27(30)31)24(41)38-21(26(43)44)9-15-12-32-13-35-15/h1-2,4-5,11-13,17,19-21,34H,3,6-10,28H2,(H2,29,39)(H,32,35)(H,36,42)(H,37,40)(H,38,41)(H,43,44)(H4,30,31,33). The van der Waals surface area contributed by atoms with E-state index in [0.717, 1.165) is 16.5 Å². The number of nitrogens with one attached hydrogen (secondary N) is 5. The first-order chi connectivity index (χ1) is 20.9. The highest BCUT2D eigenvalue weighted by molar-refractivity contribution is 5.96. The molecule has 0 radical (unpaired) electrons. The zero-order chi connectivity index (χ0) is 32.2. The lowest BCUT2D eigenvalue weighted by atomic mass is 10.0. The number of aromatic nitrogens is 3. The van der Waals surface area contributed by atoms with E-state index in [2.05, 4.69) is 35.9 Å². The van der Waals surface area contributed by atoms with Crippen molar-refractivity contribution in [2.45, 2.75) is 56.3 Å². The van der Waals surface area contributed by atoms with Gasteiger partial charge in [-0.05, 0) is 30.9 Å². The number of aliphatic carboxylic acids is 1. The number of carbonyl (C=O) groups is 5. The molecule has 0 aliphatic carbocycles. The van der Waals surface area contributed by atoms with Crippen LogP contribution in [0.1, 0.15) is 30.5 Å². The summed E-state index contributed by atoms with van der Waals surface area (Å²) in [6.07, 6.45) is 4.15. The van der Waals surface area contributed by atoms with Gasteiger partial charge in [0, 0.05) is 42.0 Å². The lowest BCUT2D eigenvalue weighted by molar-refractivity contribution is -0.142. The lowest BCUT2D eigenvalue weighted by Gasteiger charge is -2.24. The van der Waals surface area contributed by atoms with Crippen LogP contribution in [0.4, 0.5) is 0 Å². The molecule has 3 aromatic rings. The van der Waals surface area contributed by atoms with E-state index in [-0.39, 0.29) is 38.2 Å². The van der Waals surface area contributed by atoms with Gasteiger partial charge in [-0.25, -0.2) is 9.78 Å². The molecular formula is C27H37N11O6. The van der Waals surface area contributed by atoms with Gasteiger partial charge in [-0.1, -0.05) is 18.2 Å². The number of hydrogen-bond donors (Lipinski definition) is 10. The third kappa shape index (κ3) is 9.83. The molecule has 4 amide bonds. The highest BCUT2D eigenvalue weighted by Gasteiger charge is 2.31. The lowest BCUT2D eigenvalue weighted by Crippen LogP contribution is -2.58. The molecule has 0 aliphatic rings. The van der Waals surface area contributed by atoms with Crippen molar-refractivity contribution in [2.24, 2.45) is 27.9 Å². The van der Waals surface area contributed by atoms with Gasteiger partial charge in [0.2, 0.25) is 23.6 Å². The van der Waals surface area contributed by atoms with Crippen molar-refractivity contribution in [2.75, 3.05) is 6.54 Å². The number of aromatic amines is 2. The SMILES string of the molecule is NC(=O)CC(NC(=O)C(N)Cc1c[nH]c2ccccc12)C(=O)NC(CCCN=C(N)N)C(=O)NC(Cc1cnc[nH]1)C(=O)O. The van der Waals surface area contributed by atoms with Crippen molar-refractivity contribution in [1.82, 2.24) is 30.9 Å². The highest BCUT2D eigenvalue weighted by Crippen LogP contribution is 2.19. The summed E-state index contributed by atoms with van der Waals surface area (Å²) >= 11 is 0. The van der Waals surface area contributed by atoms with Gasteiger partial charge < -0.3 is 54.0 Å². The number of carboxylic acid groups (broad SMARTS) is 1. The fourth-order valence-electron chi connectivity index (χ4n) is 4.45. The monoisotopic (exact) mass is 611 g/mol. The molecular weight excluding hydrogens is 574 g/mol. The molecule has 0 spiro atoms. The molecule has 2 aromatic heterocycles. The zero-order valence-electron chi connectivity index (χ0n) is 23.8. The minimum atomic E-state index is -1.47. The smallest absolute Gasteiger partial charge is 0.326 e. The zero-order valence-corrected chi connectivity index (χ0v) is 23.8.